The van der Waals surface area contributed by atoms with Crippen LogP contribution in [0.1, 0.15) is 17.5 Å². The molecule has 0 heterocycles. The Hall–Kier alpha value is -0.534. The van der Waals surface area contributed by atoms with Crippen molar-refractivity contribution in [2.75, 3.05) is 0 Å². The summed E-state index contributed by atoms with van der Waals surface area (Å²) in [7, 11) is 0. The summed E-state index contributed by atoms with van der Waals surface area (Å²) in [6.45, 7) is 3.90. The summed E-state index contributed by atoms with van der Waals surface area (Å²) in [5, 5.41) is 0. The van der Waals surface area contributed by atoms with E-state index in [1.165, 1.54) is 16.7 Å². The van der Waals surface area contributed by atoms with Gasteiger partial charge in [-0.3, -0.25) is 0 Å². The number of rotatable bonds is 1. The van der Waals surface area contributed by atoms with Gasteiger partial charge < -0.3 is 6.92 Å². The minimum atomic E-state index is 0. The van der Waals surface area contributed by atoms with Gasteiger partial charge in [0.1, 0.15) is 0 Å². The van der Waals surface area contributed by atoms with Crippen LogP contribution in [0.4, 0.5) is 0 Å². The summed E-state index contributed by atoms with van der Waals surface area (Å²) in [6.07, 6.45) is 4.29. The van der Waals surface area contributed by atoms with Crippen molar-refractivity contribution in [3.8, 4) is 0 Å². The summed E-state index contributed by atoms with van der Waals surface area (Å²) >= 11 is 0. The van der Waals surface area contributed by atoms with Gasteiger partial charge in [-0.05, 0) is 17.5 Å². The molecule has 0 unspecified atom stereocenters. The fourth-order valence-electron chi connectivity index (χ4n) is 1.59. The maximum Gasteiger partial charge on any atom is 0 e. The molecule has 0 nitrogen and oxygen atoms in total. The van der Waals surface area contributed by atoms with E-state index in [4.69, 9.17) is 0 Å². The number of hydrogen-bond acceptors (Lipinski definition) is 0. The molecule has 0 amide bonds. The minimum Gasteiger partial charge on any atom is -0.339 e. The van der Waals surface area contributed by atoms with Crippen molar-refractivity contribution in [3.05, 3.63) is 48.4 Å². The monoisotopic (exact) mass is 202 g/mol. The Balaban J connectivity index is 0.000000720. The zero-order chi connectivity index (χ0) is 7.68. The molecule has 0 fully saturated rings. The minimum absolute atomic E-state index is 0. The third-order valence-corrected chi connectivity index (χ3v) is 2.20. The summed E-state index contributed by atoms with van der Waals surface area (Å²) in [5.74, 6) is 0. The van der Waals surface area contributed by atoms with E-state index < -0.39 is 0 Å². The molecule has 65 valence electrons. The average molecular weight is 202 g/mol. The number of benzene rings is 1. The Morgan fingerprint density at radius 3 is 2.75 bits per heavy atom. The summed E-state index contributed by atoms with van der Waals surface area (Å²) in [4.78, 5) is 0. The maximum atomic E-state index is 3.90. The van der Waals surface area contributed by atoms with Crippen LogP contribution in [0, 0.1) is 6.92 Å². The van der Waals surface area contributed by atoms with Crippen LogP contribution in [0.2, 0.25) is 0 Å². The molecule has 1 aliphatic rings. The van der Waals surface area contributed by atoms with Crippen LogP contribution >= 0.6 is 0 Å². The Morgan fingerprint density at radius 1 is 1.25 bits per heavy atom. The summed E-state index contributed by atoms with van der Waals surface area (Å²) in [6, 6.07) is 8.56. The van der Waals surface area contributed by atoms with Gasteiger partial charge in [-0.1, -0.05) is 35.9 Å². The molecule has 0 aromatic heterocycles. The second-order valence-corrected chi connectivity index (χ2v) is 2.84. The van der Waals surface area contributed by atoms with Crippen molar-refractivity contribution in [1.82, 2.24) is 0 Å². The predicted molar refractivity (Wildman–Crippen MR) is 48.1 cm³/mol. The summed E-state index contributed by atoms with van der Waals surface area (Å²) in [5.41, 5.74) is 4.26. The van der Waals surface area contributed by atoms with Crippen LogP contribution in [-0.4, -0.2) is 0 Å². The van der Waals surface area contributed by atoms with Gasteiger partial charge in [-0.2, -0.15) is 6.42 Å². The topological polar surface area (TPSA) is 0 Å². The molecule has 0 aliphatic heterocycles. The zero-order valence-corrected chi connectivity index (χ0v) is 7.88. The first-order valence-corrected chi connectivity index (χ1v) is 3.98. The molecule has 0 N–H and O–H groups in total. The first kappa shape index (κ1) is 9.55. The number of fused-ring (bicyclic) bond motifs is 1. The third kappa shape index (κ3) is 1.47. The van der Waals surface area contributed by atoms with Gasteiger partial charge in [0.2, 0.25) is 0 Å². The van der Waals surface area contributed by atoms with Gasteiger partial charge in [0.15, 0.2) is 0 Å². The Labute approximate surface area is 83.9 Å². The summed E-state index contributed by atoms with van der Waals surface area (Å²) < 4.78 is 0. The van der Waals surface area contributed by atoms with Crippen LogP contribution in [0.25, 0.3) is 5.57 Å². The third-order valence-electron chi connectivity index (χ3n) is 2.20. The molecule has 0 bridgehead atoms. The van der Waals surface area contributed by atoms with Crippen LogP contribution in [-0.2, 0) is 23.2 Å². The van der Waals surface area contributed by atoms with E-state index in [0.29, 0.717) is 0 Å². The van der Waals surface area contributed by atoms with Gasteiger partial charge in [-0.15, -0.1) is 0 Å². The fraction of sp³-hybridized carbons (Fsp3) is 0.182. The average Bonchev–Trinajstić information content (AvgIpc) is 2.47. The molecular weight excluding hydrogens is 191 g/mol. The second-order valence-electron chi connectivity index (χ2n) is 2.84. The maximum absolute atomic E-state index is 3.90. The van der Waals surface area contributed by atoms with Crippen molar-refractivity contribution in [1.29, 1.82) is 0 Å². The fourth-order valence-corrected chi connectivity index (χ4v) is 1.59. The van der Waals surface area contributed by atoms with Crippen molar-refractivity contribution >= 4 is 5.57 Å². The molecule has 0 atom stereocenters. The van der Waals surface area contributed by atoms with Gasteiger partial charge >= 0.3 is 0 Å². The molecule has 2 rings (SSSR count). The van der Waals surface area contributed by atoms with Crippen LogP contribution in [0.5, 0.6) is 0 Å². The SMILES string of the molecule is [CH2-]CC1=CCc2ccccc21.[Co]. The van der Waals surface area contributed by atoms with Crippen LogP contribution in [0.15, 0.2) is 30.3 Å². The van der Waals surface area contributed by atoms with E-state index in [1.807, 2.05) is 0 Å². The zero-order valence-electron chi connectivity index (χ0n) is 6.84. The molecular formula is C11H11Co-. The van der Waals surface area contributed by atoms with Gasteiger partial charge in [0.25, 0.3) is 0 Å². The van der Waals surface area contributed by atoms with E-state index in [1.54, 1.807) is 0 Å². The smallest absolute Gasteiger partial charge is 0 e. The Kier molecular flexibility index (Phi) is 3.12. The molecule has 1 aliphatic carbocycles. The Morgan fingerprint density at radius 2 is 2.00 bits per heavy atom. The van der Waals surface area contributed by atoms with E-state index >= 15 is 0 Å². The van der Waals surface area contributed by atoms with Gasteiger partial charge in [-0.25, -0.2) is 0 Å². The first-order valence-electron chi connectivity index (χ1n) is 3.98. The number of allylic oxidation sites excluding steroid dienone is 2. The quantitative estimate of drug-likeness (QED) is 0.614. The first-order chi connectivity index (χ1) is 5.42. The second kappa shape index (κ2) is 3.92. The molecule has 1 aromatic carbocycles. The molecule has 0 saturated heterocycles. The standard InChI is InChI=1S/C11H11.Co/c1-2-9-7-8-10-5-3-4-6-11(9)10;/h3-7H,1-2,8H2;/q-1;. The van der Waals surface area contributed by atoms with Crippen molar-refractivity contribution < 1.29 is 16.8 Å². The normalized spacial score (nSPS) is 13.2. The predicted octanol–water partition coefficient (Wildman–Crippen LogP) is 2.85. The van der Waals surface area contributed by atoms with E-state index in [-0.39, 0.29) is 16.8 Å². The van der Waals surface area contributed by atoms with E-state index in [2.05, 4.69) is 37.3 Å². The van der Waals surface area contributed by atoms with Crippen molar-refractivity contribution in [2.45, 2.75) is 12.8 Å². The molecule has 12 heavy (non-hydrogen) atoms. The van der Waals surface area contributed by atoms with E-state index in [9.17, 15) is 0 Å². The van der Waals surface area contributed by atoms with Gasteiger partial charge in [0, 0.05) is 16.8 Å². The van der Waals surface area contributed by atoms with Crippen molar-refractivity contribution in [2.24, 2.45) is 0 Å². The molecule has 1 heteroatoms. The van der Waals surface area contributed by atoms with Gasteiger partial charge in [0.05, 0.1) is 0 Å². The molecule has 0 spiro atoms. The number of hydrogen-bond donors (Lipinski definition) is 0. The van der Waals surface area contributed by atoms with Crippen LogP contribution in [0.3, 0.4) is 0 Å². The largest absolute Gasteiger partial charge is 0.339 e. The van der Waals surface area contributed by atoms with E-state index in [0.717, 1.165) is 12.8 Å². The van der Waals surface area contributed by atoms with Crippen LogP contribution < -0.4 is 0 Å². The Bertz CT molecular complexity index is 300. The molecule has 1 radical (unpaired) electrons. The molecule has 0 saturated carbocycles. The van der Waals surface area contributed by atoms with Crippen molar-refractivity contribution in [3.63, 3.8) is 0 Å². The molecule has 1 aromatic rings.